The molecule has 1 aromatic heterocycles. The van der Waals surface area contributed by atoms with Gasteiger partial charge in [0.1, 0.15) is 5.82 Å². The lowest BCUT2D eigenvalue weighted by molar-refractivity contribution is 0.900. The van der Waals surface area contributed by atoms with Crippen molar-refractivity contribution in [1.82, 2.24) is 4.98 Å². The first-order chi connectivity index (χ1) is 5.27. The number of nitrogen functional groups attached to an aromatic ring is 1. The Kier molecular flexibility index (Phi) is 1.75. The summed E-state index contributed by atoms with van der Waals surface area (Å²) in [5.41, 5.74) is 8.28. The van der Waals surface area contributed by atoms with Gasteiger partial charge in [-0.3, -0.25) is 0 Å². The summed E-state index contributed by atoms with van der Waals surface area (Å²) in [6, 6.07) is 2.16. The highest BCUT2D eigenvalue weighted by Gasteiger charge is 2.13. The van der Waals surface area contributed by atoms with E-state index >= 15 is 0 Å². The summed E-state index contributed by atoms with van der Waals surface area (Å²) >= 11 is 2.23. The minimum absolute atomic E-state index is 0.686. The lowest BCUT2D eigenvalue weighted by Gasteiger charge is -2.01. The highest BCUT2D eigenvalue weighted by Crippen LogP contribution is 2.24. The van der Waals surface area contributed by atoms with Crippen LogP contribution in [0.15, 0.2) is 6.07 Å². The van der Waals surface area contributed by atoms with Crippen molar-refractivity contribution in [2.45, 2.75) is 19.3 Å². The van der Waals surface area contributed by atoms with Crippen LogP contribution in [0.1, 0.15) is 17.7 Å². The normalized spacial score (nSPS) is 15.0. The van der Waals surface area contributed by atoms with Gasteiger partial charge in [0.15, 0.2) is 0 Å². The molecule has 1 aliphatic carbocycles. The molecule has 2 nitrogen and oxygen atoms in total. The molecule has 0 aromatic carbocycles. The SMILES string of the molecule is Nc1nc2c(cc1I)CCC2. The number of rotatable bonds is 0. The predicted molar refractivity (Wildman–Crippen MR) is 53.4 cm³/mol. The van der Waals surface area contributed by atoms with E-state index in [1.807, 2.05) is 0 Å². The van der Waals surface area contributed by atoms with Crippen molar-refractivity contribution >= 4 is 28.4 Å². The van der Waals surface area contributed by atoms with Crippen molar-refractivity contribution in [3.63, 3.8) is 0 Å². The maximum Gasteiger partial charge on any atom is 0.137 e. The zero-order chi connectivity index (χ0) is 7.84. The number of nitrogens with two attached hydrogens (primary N) is 1. The molecule has 0 atom stereocenters. The number of hydrogen-bond acceptors (Lipinski definition) is 2. The Morgan fingerprint density at radius 2 is 2.27 bits per heavy atom. The molecule has 0 radical (unpaired) electrons. The van der Waals surface area contributed by atoms with Gasteiger partial charge < -0.3 is 5.73 Å². The maximum atomic E-state index is 5.67. The largest absolute Gasteiger partial charge is 0.383 e. The first kappa shape index (κ1) is 7.34. The number of hydrogen-bond donors (Lipinski definition) is 1. The van der Waals surface area contributed by atoms with Crippen molar-refractivity contribution in [3.05, 3.63) is 20.9 Å². The third-order valence-corrected chi connectivity index (χ3v) is 2.90. The summed E-state index contributed by atoms with van der Waals surface area (Å²) in [7, 11) is 0. The van der Waals surface area contributed by atoms with Gasteiger partial charge in [0.05, 0.1) is 3.57 Å². The maximum absolute atomic E-state index is 5.67. The summed E-state index contributed by atoms with van der Waals surface area (Å²) < 4.78 is 1.09. The lowest BCUT2D eigenvalue weighted by Crippen LogP contribution is -1.98. The molecule has 0 aliphatic heterocycles. The van der Waals surface area contributed by atoms with Gasteiger partial charge in [-0.1, -0.05) is 0 Å². The van der Waals surface area contributed by atoms with Crippen LogP contribution < -0.4 is 5.73 Å². The topological polar surface area (TPSA) is 38.9 Å². The van der Waals surface area contributed by atoms with Crippen LogP contribution in [0.25, 0.3) is 0 Å². The fraction of sp³-hybridized carbons (Fsp3) is 0.375. The quantitative estimate of drug-likeness (QED) is 0.722. The first-order valence-electron chi connectivity index (χ1n) is 3.71. The molecule has 0 unspecified atom stereocenters. The highest BCUT2D eigenvalue weighted by atomic mass is 127. The third kappa shape index (κ3) is 1.21. The summed E-state index contributed by atoms with van der Waals surface area (Å²) in [4.78, 5) is 4.32. The van der Waals surface area contributed by atoms with Crippen LogP contribution in [0, 0.1) is 3.57 Å². The monoisotopic (exact) mass is 260 g/mol. The zero-order valence-electron chi connectivity index (χ0n) is 6.10. The van der Waals surface area contributed by atoms with Crippen molar-refractivity contribution in [1.29, 1.82) is 0 Å². The van der Waals surface area contributed by atoms with Crippen LogP contribution in [0.4, 0.5) is 5.82 Å². The molecule has 0 saturated heterocycles. The smallest absolute Gasteiger partial charge is 0.137 e. The van der Waals surface area contributed by atoms with E-state index in [0.717, 1.165) is 9.99 Å². The molecule has 1 aliphatic rings. The van der Waals surface area contributed by atoms with E-state index in [2.05, 4.69) is 33.6 Å². The molecule has 11 heavy (non-hydrogen) atoms. The Morgan fingerprint density at radius 3 is 3.09 bits per heavy atom. The van der Waals surface area contributed by atoms with Crippen LogP contribution in [0.5, 0.6) is 0 Å². The van der Waals surface area contributed by atoms with Gasteiger partial charge in [0, 0.05) is 5.69 Å². The molecule has 0 bridgehead atoms. The molecule has 3 heteroatoms. The van der Waals surface area contributed by atoms with Crippen LogP contribution in [-0.4, -0.2) is 4.98 Å². The zero-order valence-corrected chi connectivity index (χ0v) is 8.26. The average Bonchev–Trinajstić information content (AvgIpc) is 2.36. The van der Waals surface area contributed by atoms with Gasteiger partial charge in [-0.2, -0.15) is 0 Å². The fourth-order valence-electron chi connectivity index (χ4n) is 1.46. The number of nitrogens with zero attached hydrogens (tertiary/aromatic N) is 1. The summed E-state index contributed by atoms with van der Waals surface area (Å²) in [6.07, 6.45) is 3.52. The minimum Gasteiger partial charge on any atom is -0.383 e. The first-order valence-corrected chi connectivity index (χ1v) is 4.79. The number of fused-ring (bicyclic) bond motifs is 1. The van der Waals surface area contributed by atoms with Crippen LogP contribution in [0.3, 0.4) is 0 Å². The molecule has 0 fully saturated rings. The van der Waals surface area contributed by atoms with E-state index in [9.17, 15) is 0 Å². The Labute approximate surface area is 79.3 Å². The van der Waals surface area contributed by atoms with Gasteiger partial charge in [0.2, 0.25) is 0 Å². The van der Waals surface area contributed by atoms with Crippen LogP contribution >= 0.6 is 22.6 Å². The summed E-state index contributed by atoms with van der Waals surface area (Å²) in [6.45, 7) is 0. The molecule has 1 aromatic rings. The summed E-state index contributed by atoms with van der Waals surface area (Å²) in [5, 5.41) is 0. The lowest BCUT2D eigenvalue weighted by atomic mass is 10.2. The molecule has 2 N–H and O–H groups in total. The van der Waals surface area contributed by atoms with E-state index in [-0.39, 0.29) is 0 Å². The van der Waals surface area contributed by atoms with Gasteiger partial charge in [-0.15, -0.1) is 0 Å². The van der Waals surface area contributed by atoms with Crippen LogP contribution in [0.2, 0.25) is 0 Å². The number of anilines is 1. The third-order valence-electron chi connectivity index (χ3n) is 2.03. The average molecular weight is 260 g/mol. The Balaban J connectivity index is 2.57. The number of aryl methyl sites for hydroxylation is 2. The number of halogens is 1. The molecule has 58 valence electrons. The molecule has 0 spiro atoms. The van der Waals surface area contributed by atoms with Crippen molar-refractivity contribution in [3.8, 4) is 0 Å². The van der Waals surface area contributed by atoms with Gasteiger partial charge in [0.25, 0.3) is 0 Å². The number of aromatic nitrogens is 1. The second-order valence-corrected chi connectivity index (χ2v) is 3.98. The number of pyridine rings is 1. The van der Waals surface area contributed by atoms with E-state index in [0.29, 0.717) is 5.82 Å². The minimum atomic E-state index is 0.686. The van der Waals surface area contributed by atoms with E-state index in [1.54, 1.807) is 0 Å². The molecule has 1 heterocycles. The Bertz CT molecular complexity index is 267. The van der Waals surface area contributed by atoms with E-state index in [1.165, 1.54) is 24.1 Å². The molecular formula is C8H9IN2. The fourth-order valence-corrected chi connectivity index (χ4v) is 1.96. The van der Waals surface area contributed by atoms with Crippen molar-refractivity contribution < 1.29 is 0 Å². The second-order valence-electron chi connectivity index (χ2n) is 2.81. The molecule has 0 amide bonds. The van der Waals surface area contributed by atoms with Crippen LogP contribution in [-0.2, 0) is 12.8 Å². The Morgan fingerprint density at radius 1 is 1.45 bits per heavy atom. The van der Waals surface area contributed by atoms with E-state index < -0.39 is 0 Å². The molecule has 0 saturated carbocycles. The predicted octanol–water partition coefficient (Wildman–Crippen LogP) is 1.76. The second kappa shape index (κ2) is 2.62. The van der Waals surface area contributed by atoms with Gasteiger partial charge >= 0.3 is 0 Å². The standard InChI is InChI=1S/C8H9IN2/c9-6-4-5-2-1-3-7(5)11-8(6)10/h4H,1-3H2,(H2,10,11). The summed E-state index contributed by atoms with van der Waals surface area (Å²) in [5.74, 6) is 0.686. The highest BCUT2D eigenvalue weighted by molar-refractivity contribution is 14.1. The molecule has 2 rings (SSSR count). The Hall–Kier alpha value is -0.320. The van der Waals surface area contributed by atoms with Gasteiger partial charge in [-0.05, 0) is 53.5 Å². The van der Waals surface area contributed by atoms with Crippen molar-refractivity contribution in [2.75, 3.05) is 5.73 Å². The van der Waals surface area contributed by atoms with Gasteiger partial charge in [-0.25, -0.2) is 4.98 Å². The van der Waals surface area contributed by atoms with Crippen molar-refractivity contribution in [2.24, 2.45) is 0 Å². The van der Waals surface area contributed by atoms with E-state index in [4.69, 9.17) is 5.73 Å². The molecular weight excluding hydrogens is 251 g/mol.